The SMILES string of the molecule is COC(=O)c1cc(=O)c2ccc(Br)cc2o1. The Morgan fingerprint density at radius 2 is 2.12 bits per heavy atom. The van der Waals surface area contributed by atoms with Crippen LogP contribution in [0.3, 0.4) is 0 Å². The average Bonchev–Trinajstić information content (AvgIpc) is 2.27. The summed E-state index contributed by atoms with van der Waals surface area (Å²) < 4.78 is 10.5. The molecule has 5 heteroatoms. The Hall–Kier alpha value is -1.62. The highest BCUT2D eigenvalue weighted by Gasteiger charge is 2.12. The summed E-state index contributed by atoms with van der Waals surface area (Å²) in [5.74, 6) is -0.767. The van der Waals surface area contributed by atoms with Crippen molar-refractivity contribution in [1.82, 2.24) is 0 Å². The first-order valence-corrected chi connectivity index (χ1v) is 5.23. The molecule has 2 aromatic rings. The lowest BCUT2D eigenvalue weighted by Crippen LogP contribution is -2.08. The summed E-state index contributed by atoms with van der Waals surface area (Å²) in [5.41, 5.74) is 0.0800. The maximum absolute atomic E-state index is 11.6. The van der Waals surface area contributed by atoms with E-state index < -0.39 is 5.97 Å². The van der Waals surface area contributed by atoms with Gasteiger partial charge in [0.2, 0.25) is 5.76 Å². The van der Waals surface area contributed by atoms with Gasteiger partial charge in [0.05, 0.1) is 12.5 Å². The minimum atomic E-state index is -0.668. The molecule has 0 N–H and O–H groups in total. The van der Waals surface area contributed by atoms with Gasteiger partial charge in [0.25, 0.3) is 0 Å². The quantitative estimate of drug-likeness (QED) is 0.754. The molecule has 0 amide bonds. The van der Waals surface area contributed by atoms with Crippen molar-refractivity contribution in [2.75, 3.05) is 7.11 Å². The van der Waals surface area contributed by atoms with Gasteiger partial charge in [-0.05, 0) is 18.2 Å². The van der Waals surface area contributed by atoms with E-state index >= 15 is 0 Å². The second-order valence-corrected chi connectivity index (χ2v) is 4.02. The average molecular weight is 283 g/mol. The number of ether oxygens (including phenoxy) is 1. The Morgan fingerprint density at radius 1 is 1.38 bits per heavy atom. The van der Waals surface area contributed by atoms with E-state index in [1.165, 1.54) is 7.11 Å². The van der Waals surface area contributed by atoms with Gasteiger partial charge in [-0.25, -0.2) is 4.79 Å². The Morgan fingerprint density at radius 3 is 2.81 bits per heavy atom. The van der Waals surface area contributed by atoms with E-state index in [-0.39, 0.29) is 11.2 Å². The molecule has 0 unspecified atom stereocenters. The van der Waals surface area contributed by atoms with E-state index in [0.29, 0.717) is 11.0 Å². The minimum Gasteiger partial charge on any atom is -0.463 e. The zero-order valence-corrected chi connectivity index (χ0v) is 9.91. The number of hydrogen-bond acceptors (Lipinski definition) is 4. The molecule has 0 aliphatic heterocycles. The van der Waals surface area contributed by atoms with E-state index in [2.05, 4.69) is 20.7 Å². The van der Waals surface area contributed by atoms with Crippen LogP contribution < -0.4 is 5.43 Å². The van der Waals surface area contributed by atoms with Gasteiger partial charge in [-0.2, -0.15) is 0 Å². The molecule has 0 fully saturated rings. The number of methoxy groups -OCH3 is 1. The predicted molar refractivity (Wildman–Crippen MR) is 61.5 cm³/mol. The summed E-state index contributed by atoms with van der Waals surface area (Å²) in [7, 11) is 1.23. The summed E-state index contributed by atoms with van der Waals surface area (Å²) in [4.78, 5) is 22.9. The smallest absolute Gasteiger partial charge is 0.374 e. The van der Waals surface area contributed by atoms with Crippen LogP contribution in [0.4, 0.5) is 0 Å². The van der Waals surface area contributed by atoms with Crippen molar-refractivity contribution in [2.45, 2.75) is 0 Å². The Labute approximate surface area is 99.0 Å². The molecule has 2 rings (SSSR count). The van der Waals surface area contributed by atoms with Crippen LogP contribution in [0.15, 0.2) is 37.9 Å². The predicted octanol–water partition coefficient (Wildman–Crippen LogP) is 2.34. The molecule has 0 saturated carbocycles. The third kappa shape index (κ3) is 1.86. The first-order valence-electron chi connectivity index (χ1n) is 4.43. The largest absolute Gasteiger partial charge is 0.463 e. The van der Waals surface area contributed by atoms with E-state index in [9.17, 15) is 9.59 Å². The Balaban J connectivity index is 2.75. The molecule has 0 aliphatic carbocycles. The van der Waals surface area contributed by atoms with Gasteiger partial charge in [0.1, 0.15) is 5.58 Å². The monoisotopic (exact) mass is 282 g/mol. The third-order valence-electron chi connectivity index (χ3n) is 2.08. The number of carbonyl (C=O) groups is 1. The van der Waals surface area contributed by atoms with Crippen LogP contribution in [-0.4, -0.2) is 13.1 Å². The lowest BCUT2D eigenvalue weighted by Gasteiger charge is -2.01. The van der Waals surface area contributed by atoms with E-state index in [0.717, 1.165) is 10.5 Å². The van der Waals surface area contributed by atoms with Crippen molar-refractivity contribution in [3.63, 3.8) is 0 Å². The van der Waals surface area contributed by atoms with Crippen molar-refractivity contribution in [3.8, 4) is 0 Å². The molecular formula is C11H7BrO4. The van der Waals surface area contributed by atoms with Gasteiger partial charge < -0.3 is 9.15 Å². The molecule has 0 saturated heterocycles. The molecule has 0 atom stereocenters. The van der Waals surface area contributed by atoms with Crippen molar-refractivity contribution in [2.24, 2.45) is 0 Å². The van der Waals surface area contributed by atoms with Crippen LogP contribution in [0.5, 0.6) is 0 Å². The Bertz CT molecular complexity index is 615. The molecule has 1 heterocycles. The summed E-state index contributed by atoms with van der Waals surface area (Å²) in [6.07, 6.45) is 0. The van der Waals surface area contributed by atoms with Crippen LogP contribution >= 0.6 is 15.9 Å². The number of halogens is 1. The number of carbonyl (C=O) groups excluding carboxylic acids is 1. The molecular weight excluding hydrogens is 276 g/mol. The Kier molecular flexibility index (Phi) is 2.78. The molecule has 0 bridgehead atoms. The van der Waals surface area contributed by atoms with Gasteiger partial charge in [0, 0.05) is 10.5 Å². The number of fused-ring (bicyclic) bond motifs is 1. The van der Waals surface area contributed by atoms with Gasteiger partial charge in [-0.15, -0.1) is 0 Å². The lowest BCUT2D eigenvalue weighted by atomic mass is 10.2. The molecule has 82 valence electrons. The van der Waals surface area contributed by atoms with Crippen LogP contribution in [-0.2, 0) is 4.74 Å². The van der Waals surface area contributed by atoms with Gasteiger partial charge >= 0.3 is 5.97 Å². The normalized spacial score (nSPS) is 10.4. The maximum atomic E-state index is 11.6. The second kappa shape index (κ2) is 4.09. The van der Waals surface area contributed by atoms with Crippen LogP contribution in [0, 0.1) is 0 Å². The number of benzene rings is 1. The topological polar surface area (TPSA) is 56.5 Å². The highest BCUT2D eigenvalue weighted by molar-refractivity contribution is 9.10. The third-order valence-corrected chi connectivity index (χ3v) is 2.57. The fourth-order valence-corrected chi connectivity index (χ4v) is 1.67. The first-order chi connectivity index (χ1) is 7.61. The fourth-order valence-electron chi connectivity index (χ4n) is 1.33. The zero-order chi connectivity index (χ0) is 11.7. The second-order valence-electron chi connectivity index (χ2n) is 3.11. The van der Waals surface area contributed by atoms with Crippen LogP contribution in [0.1, 0.15) is 10.6 Å². The van der Waals surface area contributed by atoms with Crippen LogP contribution in [0.25, 0.3) is 11.0 Å². The molecule has 16 heavy (non-hydrogen) atoms. The van der Waals surface area contributed by atoms with E-state index in [4.69, 9.17) is 4.42 Å². The number of hydrogen-bond donors (Lipinski definition) is 0. The van der Waals surface area contributed by atoms with E-state index in [1.54, 1.807) is 18.2 Å². The summed E-state index contributed by atoms with van der Waals surface area (Å²) >= 11 is 3.26. The van der Waals surface area contributed by atoms with Crippen molar-refractivity contribution < 1.29 is 13.9 Å². The summed E-state index contributed by atoms with van der Waals surface area (Å²) in [5, 5.41) is 0.427. The minimum absolute atomic E-state index is 0.0990. The molecule has 4 nitrogen and oxygen atoms in total. The number of rotatable bonds is 1. The fraction of sp³-hybridized carbons (Fsp3) is 0.0909. The summed E-state index contributed by atoms with van der Waals surface area (Å²) in [6.45, 7) is 0. The van der Waals surface area contributed by atoms with Crippen molar-refractivity contribution in [3.05, 3.63) is 44.7 Å². The van der Waals surface area contributed by atoms with Gasteiger partial charge in [-0.1, -0.05) is 15.9 Å². The maximum Gasteiger partial charge on any atom is 0.374 e. The van der Waals surface area contributed by atoms with Crippen molar-refractivity contribution >= 4 is 32.9 Å². The lowest BCUT2D eigenvalue weighted by molar-refractivity contribution is 0.0565. The first kappa shape index (κ1) is 10.9. The zero-order valence-electron chi connectivity index (χ0n) is 8.32. The molecule has 0 spiro atoms. The van der Waals surface area contributed by atoms with E-state index in [1.807, 2.05) is 0 Å². The molecule has 0 radical (unpaired) electrons. The van der Waals surface area contributed by atoms with Crippen molar-refractivity contribution in [1.29, 1.82) is 0 Å². The standard InChI is InChI=1S/C11H7BrO4/c1-15-11(14)10-5-8(13)7-3-2-6(12)4-9(7)16-10/h2-5H,1H3. The highest BCUT2D eigenvalue weighted by Crippen LogP contribution is 2.18. The molecule has 1 aromatic carbocycles. The van der Waals surface area contributed by atoms with Gasteiger partial charge in [0.15, 0.2) is 5.43 Å². The molecule has 0 aliphatic rings. The van der Waals surface area contributed by atoms with Gasteiger partial charge in [-0.3, -0.25) is 4.79 Å². The highest BCUT2D eigenvalue weighted by atomic mass is 79.9. The summed E-state index contributed by atoms with van der Waals surface area (Å²) in [6, 6.07) is 6.12. The number of esters is 1. The molecule has 1 aromatic heterocycles. The van der Waals surface area contributed by atoms with Crippen LogP contribution in [0.2, 0.25) is 0 Å².